The summed E-state index contributed by atoms with van der Waals surface area (Å²) in [6.45, 7) is 3.34. The van der Waals surface area contributed by atoms with Gasteiger partial charge in [-0.2, -0.15) is 8.42 Å². The van der Waals surface area contributed by atoms with Gasteiger partial charge >= 0.3 is 0 Å². The smallest absolute Gasteiger partial charge is 0.261 e. The Morgan fingerprint density at radius 3 is 2.45 bits per heavy atom. The van der Waals surface area contributed by atoms with E-state index in [1.807, 2.05) is 13.0 Å². The van der Waals surface area contributed by atoms with E-state index in [0.717, 1.165) is 24.8 Å². The molecule has 4 aliphatic rings. The molecule has 0 radical (unpaired) electrons. The molecule has 0 bridgehead atoms. The molecule has 0 saturated heterocycles. The van der Waals surface area contributed by atoms with Crippen LogP contribution in [0.25, 0.3) is 0 Å². The molecular weight excluding hydrogens is 424 g/mol. The number of aliphatic hydroxyl groups excluding tert-OH is 2. The zero-order valence-corrected chi connectivity index (χ0v) is 18.9. The van der Waals surface area contributed by atoms with Gasteiger partial charge in [-0.15, -0.1) is 0 Å². The predicted molar refractivity (Wildman–Crippen MR) is 113 cm³/mol. The van der Waals surface area contributed by atoms with Gasteiger partial charge in [0.2, 0.25) is 0 Å². The van der Waals surface area contributed by atoms with Crippen molar-refractivity contribution in [3.8, 4) is 0 Å². The number of hydrogen-bond donors (Lipinski definition) is 4. The first-order valence-corrected chi connectivity index (χ1v) is 12.4. The lowest BCUT2D eigenvalue weighted by atomic mass is 9.46. The van der Waals surface area contributed by atoms with Crippen molar-refractivity contribution in [2.75, 3.05) is 12.9 Å². The van der Waals surface area contributed by atoms with Gasteiger partial charge in [-0.3, -0.25) is 14.1 Å². The van der Waals surface area contributed by atoms with E-state index in [-0.39, 0.29) is 29.0 Å². The molecule has 8 nitrogen and oxygen atoms in total. The highest BCUT2D eigenvalue weighted by molar-refractivity contribution is 7.85. The fourth-order valence-corrected chi connectivity index (χ4v) is 6.92. The van der Waals surface area contributed by atoms with Crippen molar-refractivity contribution >= 4 is 21.7 Å². The summed E-state index contributed by atoms with van der Waals surface area (Å²) in [4.78, 5) is 24.2. The quantitative estimate of drug-likeness (QED) is 0.451. The standard InChI is InChI=1S/C21H28O5.CH4O3S/c1-19-7-5-13(23)9-12(19)3-4-14-15-6-8-21(26,17(25)11-22)20(15,2)10-16(24)18(14)19;1-5(2,3)4/h5,7,9,14-16,18,22,24,26H,3-4,6,8,10-11H2,1-2H3;1H3,(H,2,3,4)/t14-,15-,16-,18+,19-,20-,21-;/m0./s1. The molecule has 7 atom stereocenters. The van der Waals surface area contributed by atoms with Crippen LogP contribution >= 0.6 is 0 Å². The number of Topliss-reactive ketones (excluding diaryl/α,β-unsaturated/α-hetero) is 1. The fraction of sp³-hybridized carbons (Fsp3) is 0.727. The molecule has 4 N–H and O–H groups in total. The second-order valence-corrected chi connectivity index (χ2v) is 11.4. The molecule has 0 aliphatic heterocycles. The second-order valence-electron chi connectivity index (χ2n) is 9.92. The highest BCUT2D eigenvalue weighted by Gasteiger charge is 2.67. The van der Waals surface area contributed by atoms with Crippen LogP contribution in [0.3, 0.4) is 0 Å². The molecule has 9 heteroatoms. The number of ketones is 2. The van der Waals surface area contributed by atoms with Crippen molar-refractivity contribution in [3.05, 3.63) is 23.8 Å². The molecule has 31 heavy (non-hydrogen) atoms. The van der Waals surface area contributed by atoms with E-state index in [2.05, 4.69) is 6.92 Å². The maximum Gasteiger partial charge on any atom is 0.261 e. The third-order valence-corrected chi connectivity index (χ3v) is 8.25. The third-order valence-electron chi connectivity index (χ3n) is 8.25. The molecule has 4 rings (SSSR count). The van der Waals surface area contributed by atoms with E-state index in [4.69, 9.17) is 4.55 Å². The van der Waals surface area contributed by atoms with Gasteiger partial charge in [0, 0.05) is 16.7 Å². The van der Waals surface area contributed by atoms with Gasteiger partial charge < -0.3 is 15.3 Å². The Hall–Kier alpha value is -1.39. The van der Waals surface area contributed by atoms with Crippen molar-refractivity contribution in [2.45, 2.75) is 57.7 Å². The monoisotopic (exact) mass is 456 g/mol. The normalized spacial score (nSPS) is 43.7. The lowest BCUT2D eigenvalue weighted by Crippen LogP contribution is -2.61. The van der Waals surface area contributed by atoms with Crippen molar-refractivity contribution in [1.29, 1.82) is 0 Å². The summed E-state index contributed by atoms with van der Waals surface area (Å²) in [7, 11) is -3.67. The molecule has 3 saturated carbocycles. The van der Waals surface area contributed by atoms with Crippen LogP contribution in [0.1, 0.15) is 46.0 Å². The van der Waals surface area contributed by atoms with Crippen molar-refractivity contribution in [2.24, 2.45) is 28.6 Å². The molecule has 0 unspecified atom stereocenters. The first-order chi connectivity index (χ1) is 14.2. The fourth-order valence-electron chi connectivity index (χ4n) is 6.92. The van der Waals surface area contributed by atoms with Crippen molar-refractivity contribution < 1.29 is 37.9 Å². The summed E-state index contributed by atoms with van der Waals surface area (Å²) in [6.07, 6.45) is 8.40. The average Bonchev–Trinajstić information content (AvgIpc) is 2.91. The first kappa shape index (κ1) is 24.3. The van der Waals surface area contributed by atoms with E-state index < -0.39 is 39.6 Å². The topological polar surface area (TPSA) is 149 Å². The number of aliphatic hydroxyl groups is 3. The molecule has 4 aliphatic carbocycles. The van der Waals surface area contributed by atoms with Crippen LogP contribution in [-0.4, -0.2) is 64.4 Å². The highest BCUT2D eigenvalue weighted by atomic mass is 32.2. The third kappa shape index (κ3) is 3.95. The van der Waals surface area contributed by atoms with E-state index in [1.54, 1.807) is 12.2 Å². The number of hydrogen-bond acceptors (Lipinski definition) is 7. The number of rotatable bonds is 2. The SMILES string of the molecule is CS(=O)(=O)O.C[C@]12C=CC(=O)C=C1CC[C@@H]1[C@@H]2[C@@H](O)C[C@@]2(C)[C@H]1CC[C@]2(O)C(=O)CO. The van der Waals surface area contributed by atoms with Crippen LogP contribution < -0.4 is 0 Å². The molecular formula is C22H32O8S. The van der Waals surface area contributed by atoms with Gasteiger partial charge in [-0.1, -0.05) is 25.5 Å². The van der Waals surface area contributed by atoms with Gasteiger partial charge in [0.25, 0.3) is 10.1 Å². The largest absolute Gasteiger partial charge is 0.393 e. The Kier molecular flexibility index (Phi) is 6.17. The molecule has 0 spiro atoms. The Morgan fingerprint density at radius 2 is 1.87 bits per heavy atom. The number of fused-ring (bicyclic) bond motifs is 5. The van der Waals surface area contributed by atoms with Gasteiger partial charge in [0.1, 0.15) is 12.2 Å². The maximum absolute atomic E-state index is 12.4. The van der Waals surface area contributed by atoms with Gasteiger partial charge in [-0.25, -0.2) is 0 Å². The minimum Gasteiger partial charge on any atom is -0.393 e. The zero-order chi connectivity index (χ0) is 23.4. The summed E-state index contributed by atoms with van der Waals surface area (Å²) >= 11 is 0. The molecule has 3 fully saturated rings. The lowest BCUT2D eigenvalue weighted by Gasteiger charge is -2.59. The Bertz CT molecular complexity index is 929. The Morgan fingerprint density at radius 1 is 1.26 bits per heavy atom. The van der Waals surface area contributed by atoms with Crippen molar-refractivity contribution in [1.82, 2.24) is 0 Å². The van der Waals surface area contributed by atoms with E-state index in [9.17, 15) is 33.3 Å². The average molecular weight is 457 g/mol. The summed E-state index contributed by atoms with van der Waals surface area (Å²) in [5.41, 5.74) is -1.54. The maximum atomic E-state index is 12.4. The van der Waals surface area contributed by atoms with E-state index in [0.29, 0.717) is 19.1 Å². The van der Waals surface area contributed by atoms with Crippen LogP contribution in [0, 0.1) is 28.6 Å². The van der Waals surface area contributed by atoms with E-state index in [1.165, 1.54) is 0 Å². The Labute approximate surface area is 182 Å². The second kappa shape index (κ2) is 7.88. The molecule has 0 heterocycles. The minimum absolute atomic E-state index is 0.00912. The lowest BCUT2D eigenvalue weighted by molar-refractivity contribution is -0.178. The van der Waals surface area contributed by atoms with E-state index >= 15 is 0 Å². The minimum atomic E-state index is -3.67. The number of carbonyl (C=O) groups is 2. The molecule has 0 aromatic heterocycles. The molecule has 0 aromatic carbocycles. The van der Waals surface area contributed by atoms with Crippen LogP contribution in [0.2, 0.25) is 0 Å². The summed E-state index contributed by atoms with van der Waals surface area (Å²) < 4.78 is 25.9. The number of carbonyl (C=O) groups excluding carboxylic acids is 2. The molecule has 174 valence electrons. The molecule has 0 aromatic rings. The highest BCUT2D eigenvalue weighted by Crippen LogP contribution is 2.67. The summed E-state index contributed by atoms with van der Waals surface area (Å²) in [5, 5.41) is 31.7. The summed E-state index contributed by atoms with van der Waals surface area (Å²) in [5.74, 6) is -0.227. The van der Waals surface area contributed by atoms with Gasteiger partial charge in [0.15, 0.2) is 11.6 Å². The van der Waals surface area contributed by atoms with Gasteiger partial charge in [-0.05, 0) is 56.1 Å². The van der Waals surface area contributed by atoms with Crippen molar-refractivity contribution in [3.63, 3.8) is 0 Å². The van der Waals surface area contributed by atoms with Crippen LogP contribution in [0.15, 0.2) is 23.8 Å². The zero-order valence-electron chi connectivity index (χ0n) is 18.1. The first-order valence-electron chi connectivity index (χ1n) is 10.6. The summed E-state index contributed by atoms with van der Waals surface area (Å²) in [6, 6.07) is 0. The van der Waals surface area contributed by atoms with Crippen LogP contribution in [0.5, 0.6) is 0 Å². The van der Waals surface area contributed by atoms with Crippen LogP contribution in [-0.2, 0) is 19.7 Å². The number of allylic oxidation sites excluding steroid dienone is 4. The predicted octanol–water partition coefficient (Wildman–Crippen LogP) is 1.06. The van der Waals surface area contributed by atoms with Crippen LogP contribution in [0.4, 0.5) is 0 Å². The van der Waals surface area contributed by atoms with Gasteiger partial charge in [0.05, 0.1) is 12.4 Å². The molecule has 0 amide bonds. The Balaban J connectivity index is 0.000000491.